The van der Waals surface area contributed by atoms with E-state index in [2.05, 4.69) is 25.7 Å². The van der Waals surface area contributed by atoms with E-state index in [1.165, 1.54) is 0 Å². The van der Waals surface area contributed by atoms with Crippen LogP contribution in [-0.2, 0) is 13.6 Å². The molecule has 10 heteroatoms. The molecule has 8 nitrogen and oxygen atoms in total. The number of aromatic carboxylic acids is 1. The largest absolute Gasteiger partial charge is 0.477 e. The monoisotopic (exact) mass is 360 g/mol. The Bertz CT molecular complexity index is 960. The van der Waals surface area contributed by atoms with E-state index in [-0.39, 0.29) is 29.4 Å². The van der Waals surface area contributed by atoms with Crippen molar-refractivity contribution >= 4 is 23.4 Å². The summed E-state index contributed by atoms with van der Waals surface area (Å²) in [4.78, 5) is 19.4. The lowest BCUT2D eigenvalue weighted by atomic mass is 10.2. The van der Waals surface area contributed by atoms with Gasteiger partial charge in [-0.3, -0.25) is 4.68 Å². The van der Waals surface area contributed by atoms with Gasteiger partial charge < -0.3 is 15.7 Å². The van der Waals surface area contributed by atoms with Gasteiger partial charge in [0.25, 0.3) is 0 Å². The van der Waals surface area contributed by atoms with Crippen LogP contribution in [0.2, 0.25) is 0 Å². The van der Waals surface area contributed by atoms with E-state index >= 15 is 0 Å². The number of carboxylic acids is 1. The normalized spacial score (nSPS) is 10.6. The second-order valence-electron chi connectivity index (χ2n) is 5.38. The van der Waals surface area contributed by atoms with Crippen molar-refractivity contribution in [3.05, 3.63) is 59.6 Å². The quantitative estimate of drug-likeness (QED) is 0.620. The topological polar surface area (TPSA) is 105 Å². The van der Waals surface area contributed by atoms with Gasteiger partial charge in [-0.05, 0) is 18.2 Å². The molecule has 0 aliphatic carbocycles. The van der Waals surface area contributed by atoms with Gasteiger partial charge in [0.1, 0.15) is 23.0 Å². The van der Waals surface area contributed by atoms with Crippen LogP contribution in [0.25, 0.3) is 0 Å². The molecule has 0 saturated carbocycles. The minimum absolute atomic E-state index is 0.0254. The van der Waals surface area contributed by atoms with E-state index in [1.54, 1.807) is 24.1 Å². The summed E-state index contributed by atoms with van der Waals surface area (Å²) in [5.74, 6) is -2.35. The highest BCUT2D eigenvalue weighted by Gasteiger charge is 2.15. The highest BCUT2D eigenvalue weighted by Crippen LogP contribution is 2.19. The minimum Gasteiger partial charge on any atom is -0.477 e. The first-order chi connectivity index (χ1) is 12.4. The third kappa shape index (κ3) is 3.91. The fourth-order valence-corrected chi connectivity index (χ4v) is 2.21. The van der Waals surface area contributed by atoms with Gasteiger partial charge in [-0.1, -0.05) is 0 Å². The van der Waals surface area contributed by atoms with Gasteiger partial charge in [0, 0.05) is 31.5 Å². The molecule has 0 radical (unpaired) electrons. The minimum atomic E-state index is -1.25. The molecule has 0 aliphatic heterocycles. The number of aromatic nitrogens is 4. The first-order valence-corrected chi connectivity index (χ1v) is 7.46. The Labute approximate surface area is 146 Å². The van der Waals surface area contributed by atoms with Crippen LogP contribution in [0.3, 0.4) is 0 Å². The second-order valence-corrected chi connectivity index (χ2v) is 5.38. The van der Waals surface area contributed by atoms with Crippen LogP contribution in [0, 0.1) is 11.6 Å². The Morgan fingerprint density at radius 1 is 1.31 bits per heavy atom. The predicted octanol–water partition coefficient (Wildman–Crippen LogP) is 2.54. The average molecular weight is 360 g/mol. The zero-order valence-corrected chi connectivity index (χ0v) is 13.6. The van der Waals surface area contributed by atoms with Gasteiger partial charge in [0.2, 0.25) is 5.95 Å². The molecule has 2 aromatic heterocycles. The molecule has 0 spiro atoms. The van der Waals surface area contributed by atoms with E-state index in [4.69, 9.17) is 0 Å². The maximum atomic E-state index is 13.7. The molecule has 0 fully saturated rings. The van der Waals surface area contributed by atoms with Gasteiger partial charge in [0.15, 0.2) is 0 Å². The third-order valence-corrected chi connectivity index (χ3v) is 3.43. The van der Waals surface area contributed by atoms with Crippen molar-refractivity contribution in [1.29, 1.82) is 0 Å². The first kappa shape index (κ1) is 17.3. The highest BCUT2D eigenvalue weighted by atomic mass is 19.1. The van der Waals surface area contributed by atoms with Crippen molar-refractivity contribution in [1.82, 2.24) is 19.7 Å². The molecule has 0 unspecified atom stereocenters. The summed E-state index contributed by atoms with van der Waals surface area (Å²) in [6.07, 6.45) is 4.35. The Balaban J connectivity index is 1.84. The van der Waals surface area contributed by atoms with Gasteiger partial charge in [-0.25, -0.2) is 18.6 Å². The fraction of sp³-hybridized carbons (Fsp3) is 0.125. The number of carbonyl (C=O) groups is 1. The summed E-state index contributed by atoms with van der Waals surface area (Å²) in [6, 6.07) is 3.03. The van der Waals surface area contributed by atoms with Crippen molar-refractivity contribution < 1.29 is 18.7 Å². The molecule has 0 bridgehead atoms. The molecular weight excluding hydrogens is 346 g/mol. The van der Waals surface area contributed by atoms with Crippen molar-refractivity contribution in [2.24, 2.45) is 7.05 Å². The van der Waals surface area contributed by atoms with Crippen molar-refractivity contribution in [2.75, 3.05) is 10.6 Å². The summed E-state index contributed by atoms with van der Waals surface area (Å²) >= 11 is 0. The van der Waals surface area contributed by atoms with Gasteiger partial charge in [-0.15, -0.1) is 0 Å². The molecule has 0 saturated heterocycles. The van der Waals surface area contributed by atoms with Crippen LogP contribution >= 0.6 is 0 Å². The maximum Gasteiger partial charge on any atom is 0.341 e. The van der Waals surface area contributed by atoms with Crippen LogP contribution in [0.4, 0.5) is 26.2 Å². The molecule has 0 atom stereocenters. The number of hydrogen-bond acceptors (Lipinski definition) is 6. The van der Waals surface area contributed by atoms with Gasteiger partial charge >= 0.3 is 5.97 Å². The van der Waals surface area contributed by atoms with Gasteiger partial charge in [-0.2, -0.15) is 10.1 Å². The zero-order chi connectivity index (χ0) is 18.7. The lowest BCUT2D eigenvalue weighted by Gasteiger charge is -2.11. The van der Waals surface area contributed by atoms with E-state index < -0.39 is 17.6 Å². The number of benzene rings is 1. The van der Waals surface area contributed by atoms with Gasteiger partial charge in [0.05, 0.1) is 11.9 Å². The van der Waals surface area contributed by atoms with Crippen LogP contribution < -0.4 is 10.6 Å². The first-order valence-electron chi connectivity index (χ1n) is 7.46. The summed E-state index contributed by atoms with van der Waals surface area (Å²) in [5.41, 5.74) is 0.456. The maximum absolute atomic E-state index is 13.7. The molecule has 3 aromatic rings. The molecular formula is C16H14F2N6O2. The number of carboxylic acid groups (broad SMARTS) is 1. The SMILES string of the molecule is Cn1cc(Nc2ncc(C(=O)O)c(NCc3cc(F)ccc3F)n2)cn1. The zero-order valence-electron chi connectivity index (χ0n) is 13.6. The average Bonchev–Trinajstić information content (AvgIpc) is 3.00. The van der Waals surface area contributed by atoms with E-state index in [0.29, 0.717) is 5.69 Å². The Kier molecular flexibility index (Phi) is 4.74. The highest BCUT2D eigenvalue weighted by molar-refractivity contribution is 5.93. The third-order valence-electron chi connectivity index (χ3n) is 3.43. The summed E-state index contributed by atoms with van der Waals surface area (Å²) in [5, 5.41) is 18.8. The molecule has 2 heterocycles. The summed E-state index contributed by atoms with van der Waals surface area (Å²) < 4.78 is 28.5. The number of rotatable bonds is 6. The molecule has 0 aliphatic rings. The van der Waals surface area contributed by atoms with Crippen molar-refractivity contribution in [3.63, 3.8) is 0 Å². The predicted molar refractivity (Wildman–Crippen MR) is 89.2 cm³/mol. The standard InChI is InChI=1S/C16H14F2N6O2/c1-24-8-11(6-21-24)22-16-20-7-12(15(25)26)14(23-16)19-5-9-4-10(17)2-3-13(9)18/h2-4,6-8H,5H2,1H3,(H,25,26)(H2,19,20,22,23). The number of nitrogens with zero attached hydrogens (tertiary/aromatic N) is 4. The van der Waals surface area contributed by atoms with Crippen molar-refractivity contribution in [3.8, 4) is 0 Å². The lowest BCUT2D eigenvalue weighted by Crippen LogP contribution is -2.11. The molecule has 26 heavy (non-hydrogen) atoms. The number of hydrogen-bond donors (Lipinski definition) is 3. The van der Waals surface area contributed by atoms with E-state index in [1.807, 2.05) is 0 Å². The second kappa shape index (κ2) is 7.13. The van der Waals surface area contributed by atoms with Crippen LogP contribution in [-0.4, -0.2) is 30.8 Å². The van der Waals surface area contributed by atoms with Crippen LogP contribution in [0.5, 0.6) is 0 Å². The smallest absolute Gasteiger partial charge is 0.341 e. The molecule has 0 amide bonds. The number of halogens is 2. The summed E-state index contributed by atoms with van der Waals surface area (Å²) in [6.45, 7) is -0.146. The molecule has 3 rings (SSSR count). The summed E-state index contributed by atoms with van der Waals surface area (Å²) in [7, 11) is 1.74. The number of nitrogens with one attached hydrogen (secondary N) is 2. The molecule has 134 valence electrons. The fourth-order valence-electron chi connectivity index (χ4n) is 2.21. The molecule has 3 N–H and O–H groups in total. The Morgan fingerprint density at radius 3 is 2.81 bits per heavy atom. The van der Waals surface area contributed by atoms with Crippen molar-refractivity contribution in [2.45, 2.75) is 6.54 Å². The number of aryl methyl sites for hydroxylation is 1. The molecule has 1 aromatic carbocycles. The Hall–Kier alpha value is -3.56. The number of anilines is 3. The van der Waals surface area contributed by atoms with Crippen LogP contribution in [0.15, 0.2) is 36.8 Å². The van der Waals surface area contributed by atoms with E-state index in [0.717, 1.165) is 24.4 Å². The van der Waals surface area contributed by atoms with E-state index in [9.17, 15) is 18.7 Å². The Morgan fingerprint density at radius 2 is 2.12 bits per heavy atom. The lowest BCUT2D eigenvalue weighted by molar-refractivity contribution is 0.0697. The van der Waals surface area contributed by atoms with Crippen LogP contribution in [0.1, 0.15) is 15.9 Å².